The fourth-order valence-corrected chi connectivity index (χ4v) is 0.513. The van der Waals surface area contributed by atoms with Gasteiger partial charge in [-0.15, -0.1) is 24.0 Å². The van der Waals surface area contributed by atoms with Gasteiger partial charge in [-0.3, -0.25) is 0 Å². The second-order valence-corrected chi connectivity index (χ2v) is 1.92. The lowest BCUT2D eigenvalue weighted by molar-refractivity contribution is 3.81. The van der Waals surface area contributed by atoms with Crippen LogP contribution < -0.4 is 0 Å². The second-order valence-electron chi connectivity index (χ2n) is 1.92. The van der Waals surface area contributed by atoms with E-state index in [-0.39, 0.29) is 24.0 Å². The zero-order valence-corrected chi connectivity index (χ0v) is 9.67. The summed E-state index contributed by atoms with van der Waals surface area (Å²) >= 11 is 0. The summed E-state index contributed by atoms with van der Waals surface area (Å²) < 4.78 is 0. The van der Waals surface area contributed by atoms with E-state index in [0.717, 1.165) is 0 Å². The van der Waals surface area contributed by atoms with E-state index < -0.39 is 0 Å². The highest BCUT2D eigenvalue weighted by atomic mass is 127. The third-order valence-corrected chi connectivity index (χ3v) is 1.00. The zero-order valence-electron chi connectivity index (χ0n) is 7.34. The lowest BCUT2D eigenvalue weighted by Gasteiger charge is -1.94. The minimum absolute atomic E-state index is 0. The van der Waals surface area contributed by atoms with Crippen molar-refractivity contribution in [3.8, 4) is 0 Å². The molecule has 0 bridgehead atoms. The van der Waals surface area contributed by atoms with Gasteiger partial charge in [0.05, 0.1) is 0 Å². The van der Waals surface area contributed by atoms with Crippen molar-refractivity contribution in [1.29, 1.82) is 0 Å². The molecule has 0 unspecified atom stereocenters. The molecule has 0 heterocycles. The van der Waals surface area contributed by atoms with Crippen molar-refractivity contribution in [2.24, 2.45) is 0 Å². The van der Waals surface area contributed by atoms with Gasteiger partial charge in [0, 0.05) is 86.1 Å². The molecule has 0 aromatic carbocycles. The van der Waals surface area contributed by atoms with E-state index in [2.05, 4.69) is 0 Å². The molecule has 0 spiro atoms. The van der Waals surface area contributed by atoms with Gasteiger partial charge >= 0.3 is 0 Å². The number of rotatable bonds is 9. The van der Waals surface area contributed by atoms with Gasteiger partial charge in [-0.2, -0.15) is 0 Å². The van der Waals surface area contributed by atoms with Gasteiger partial charge in [0.15, 0.2) is 0 Å². The smallest absolute Gasteiger partial charge is 0 e. The maximum Gasteiger partial charge on any atom is 0 e. The van der Waals surface area contributed by atoms with E-state index in [4.69, 9.17) is 15.5 Å². The van der Waals surface area contributed by atoms with Crippen molar-refractivity contribution in [2.45, 2.75) is 0 Å². The minimum Gasteiger partial charge on any atom is -0.107 e. The van der Waals surface area contributed by atoms with Crippen molar-refractivity contribution in [3.05, 3.63) is 0 Å². The molecule has 0 aliphatic rings. The van der Waals surface area contributed by atoms with E-state index in [1.54, 1.807) is 14.1 Å². The first-order valence-corrected chi connectivity index (χ1v) is 3.67. The van der Waals surface area contributed by atoms with Crippen LogP contribution in [0.15, 0.2) is 0 Å². The fourth-order valence-electron chi connectivity index (χ4n) is 0.513. The summed E-state index contributed by atoms with van der Waals surface area (Å²) in [4.78, 5) is 0. The van der Waals surface area contributed by atoms with Crippen molar-refractivity contribution < 1.29 is 0 Å². The lowest BCUT2D eigenvalue weighted by Crippen LogP contribution is -2.32. The normalized spacial score (nSPS) is 6.46. The Morgan fingerprint density at radius 2 is 0.692 bits per heavy atom. The number of hydrogen-bond donors (Lipinski definition) is 0. The zero-order chi connectivity index (χ0) is 9.07. The van der Waals surface area contributed by atoms with Crippen LogP contribution in [0.4, 0.5) is 0 Å². The lowest BCUT2D eigenvalue weighted by atomic mass is 8.87. The fraction of sp³-hybridized carbons (Fsp3) is 0. The molecule has 0 nitrogen and oxygen atoms in total. The molecule has 44 valence electrons. The van der Waals surface area contributed by atoms with Crippen molar-refractivity contribution in [1.82, 2.24) is 0 Å². The largest absolute Gasteiger partial charge is 0.107 e. The van der Waals surface area contributed by atoms with Gasteiger partial charge in [-0.1, -0.05) is 0 Å². The summed E-state index contributed by atoms with van der Waals surface area (Å²) in [6.45, 7) is 0. The molecule has 0 rings (SSSR count). The van der Waals surface area contributed by atoms with E-state index in [1.807, 2.05) is 42.4 Å². The molecule has 0 fully saturated rings. The summed E-state index contributed by atoms with van der Waals surface area (Å²) in [5, 5.41) is 0. The Morgan fingerprint density at radius 1 is 0.462 bits per heavy atom. The van der Waals surface area contributed by atoms with Crippen LogP contribution in [0.25, 0.3) is 0 Å². The highest BCUT2D eigenvalue weighted by molar-refractivity contribution is 14.0. The highest BCUT2D eigenvalue weighted by Gasteiger charge is 1.95. The van der Waals surface area contributed by atoms with Gasteiger partial charge in [0.25, 0.3) is 0 Å². The standard InChI is InChI=1S/B12.HI/c1-3-5-7-9-11-12-10-8-6-4-2;/h;1H. The summed E-state index contributed by atoms with van der Waals surface area (Å²) in [6, 6.07) is 0. The molecule has 0 saturated carbocycles. The van der Waals surface area contributed by atoms with Crippen LogP contribution in [-0.4, -0.2) is 86.1 Å². The average Bonchev–Trinajstić information content (AvgIpc) is 2.10. The van der Waals surface area contributed by atoms with Gasteiger partial charge in [0.1, 0.15) is 0 Å². The first kappa shape index (κ1) is 16.9. The Hall–Kier alpha value is 1.51. The molecular weight excluding hydrogens is 257 g/mol. The second kappa shape index (κ2) is 16.0. The molecule has 0 aliphatic carbocycles. The SMILES string of the molecule is I.[B][B][B][B][B][B][B][B][B][B][B][B]. The number of halogens is 1. The number of hydrogen-bond acceptors (Lipinski definition) is 0. The average molecular weight is 258 g/mol. The minimum atomic E-state index is 0. The van der Waals surface area contributed by atoms with Crippen LogP contribution in [0.2, 0.25) is 0 Å². The van der Waals surface area contributed by atoms with Gasteiger partial charge < -0.3 is 0 Å². The molecule has 0 atom stereocenters. The van der Waals surface area contributed by atoms with E-state index in [1.165, 1.54) is 14.1 Å². The van der Waals surface area contributed by atoms with E-state index in [0.29, 0.717) is 0 Å². The van der Waals surface area contributed by atoms with Crippen LogP contribution >= 0.6 is 24.0 Å². The predicted octanol–water partition coefficient (Wildman–Crippen LogP) is -3.95. The molecule has 0 aromatic heterocycles. The summed E-state index contributed by atoms with van der Waals surface area (Å²) in [6.07, 6.45) is 0. The molecule has 0 amide bonds. The van der Waals surface area contributed by atoms with Crippen LogP contribution in [0.3, 0.4) is 0 Å². The summed E-state index contributed by atoms with van der Waals surface area (Å²) in [5.74, 6) is 0. The van der Waals surface area contributed by atoms with Gasteiger partial charge in [-0.05, 0) is 0 Å². The maximum atomic E-state index is 5.12. The first-order valence-electron chi connectivity index (χ1n) is 3.67. The molecule has 14 radical (unpaired) electrons. The Morgan fingerprint density at radius 3 is 0.923 bits per heavy atom. The van der Waals surface area contributed by atoms with E-state index in [9.17, 15) is 0 Å². The van der Waals surface area contributed by atoms with Crippen LogP contribution in [0.5, 0.6) is 0 Å². The van der Waals surface area contributed by atoms with Crippen molar-refractivity contribution in [3.63, 3.8) is 0 Å². The Bertz CT molecular complexity index is 61.5. The molecule has 13 heavy (non-hydrogen) atoms. The van der Waals surface area contributed by atoms with Crippen LogP contribution in [0.1, 0.15) is 0 Å². The van der Waals surface area contributed by atoms with Gasteiger partial charge in [0.2, 0.25) is 0 Å². The molecule has 0 N–H and O–H groups in total. The molecule has 0 saturated heterocycles. The third-order valence-electron chi connectivity index (χ3n) is 1.00. The van der Waals surface area contributed by atoms with Crippen LogP contribution in [0, 0.1) is 0 Å². The highest BCUT2D eigenvalue weighted by Crippen LogP contribution is 1.57. The van der Waals surface area contributed by atoms with Crippen molar-refractivity contribution in [2.75, 3.05) is 0 Å². The molecule has 0 aliphatic heterocycles. The maximum absolute atomic E-state index is 5.12. The topological polar surface area (TPSA) is 0 Å². The summed E-state index contributed by atoms with van der Waals surface area (Å²) in [7, 11) is 28.0. The molecular formula is HB12I. The van der Waals surface area contributed by atoms with Crippen molar-refractivity contribution >= 4 is 110 Å². The Balaban J connectivity index is 0. The Kier molecular flexibility index (Phi) is 20.8. The third kappa shape index (κ3) is 16.2. The van der Waals surface area contributed by atoms with E-state index >= 15 is 0 Å². The Labute approximate surface area is 110 Å². The van der Waals surface area contributed by atoms with Crippen LogP contribution in [-0.2, 0) is 0 Å². The summed E-state index contributed by atoms with van der Waals surface area (Å²) in [5.41, 5.74) is 0. The molecule has 13 heteroatoms. The van der Waals surface area contributed by atoms with Gasteiger partial charge in [-0.25, -0.2) is 0 Å². The predicted molar refractivity (Wildman–Crippen MR) is 84.5 cm³/mol. The first-order chi connectivity index (χ1) is 5.91. The quantitative estimate of drug-likeness (QED) is 0.225. The molecule has 0 aromatic rings. The monoisotopic (exact) mass is 260 g/mol.